The van der Waals surface area contributed by atoms with Gasteiger partial charge in [0.1, 0.15) is 11.6 Å². The van der Waals surface area contributed by atoms with Gasteiger partial charge in [0.2, 0.25) is 5.91 Å². The molecule has 10 heteroatoms. The van der Waals surface area contributed by atoms with Crippen LogP contribution in [0.3, 0.4) is 0 Å². The summed E-state index contributed by atoms with van der Waals surface area (Å²) in [6, 6.07) is 13.9. The Morgan fingerprint density at radius 1 is 1.13 bits per heavy atom. The van der Waals surface area contributed by atoms with Crippen LogP contribution in [0, 0.1) is 5.41 Å². The van der Waals surface area contributed by atoms with Gasteiger partial charge >= 0.3 is 5.97 Å². The molecule has 0 radical (unpaired) electrons. The third kappa shape index (κ3) is 6.28. The molecular weight excluding hydrogens is 537 g/mol. The van der Waals surface area contributed by atoms with E-state index in [0.29, 0.717) is 35.1 Å². The molecule has 0 saturated carbocycles. The number of aromatic amines is 1. The number of likely N-dealkylation sites (tertiary alicyclic amines) is 1. The van der Waals surface area contributed by atoms with Crippen molar-refractivity contribution in [3.63, 3.8) is 0 Å². The molecule has 4 atom stereocenters. The topological polar surface area (TPSA) is 101 Å². The van der Waals surface area contributed by atoms with E-state index in [4.69, 9.17) is 27.9 Å². The molecule has 1 N–H and O–H groups in total. The standard InChI is InChI=1S/C29H35Cl2N5O3/c1-6-23(26(37)39-28(3,4)5)36-25(18-11-13-20(30)14-12-18)22(19-9-8-10-21(31)15-19)16-29(7-2,27(36)38)17-24-32-34-35-33-24/h8-15,22-23,25H,6-7,16-17H2,1-5H3,(H,32,33,34,35). The third-order valence-electron chi connectivity index (χ3n) is 7.43. The Bertz CT molecular complexity index is 1290. The van der Waals surface area contributed by atoms with Gasteiger partial charge in [0.05, 0.1) is 11.5 Å². The minimum atomic E-state index is -0.880. The van der Waals surface area contributed by atoms with Crippen LogP contribution >= 0.6 is 23.2 Å². The van der Waals surface area contributed by atoms with Crippen LogP contribution in [0.1, 0.15) is 82.8 Å². The fraction of sp³-hybridized carbons (Fsp3) is 0.483. The smallest absolute Gasteiger partial charge is 0.329 e. The molecule has 0 bridgehead atoms. The van der Waals surface area contributed by atoms with Gasteiger partial charge in [0.15, 0.2) is 5.82 Å². The summed E-state index contributed by atoms with van der Waals surface area (Å²) in [4.78, 5) is 30.2. The second-order valence-corrected chi connectivity index (χ2v) is 12.0. The molecule has 4 rings (SSSR count). The maximum Gasteiger partial charge on any atom is 0.329 e. The number of benzene rings is 2. The number of H-pyrrole nitrogens is 1. The van der Waals surface area contributed by atoms with Crippen molar-refractivity contribution in [1.29, 1.82) is 0 Å². The molecule has 1 amide bonds. The molecule has 0 spiro atoms. The van der Waals surface area contributed by atoms with Gasteiger partial charge in [0.25, 0.3) is 0 Å². The fourth-order valence-corrected chi connectivity index (χ4v) is 5.94. The first-order chi connectivity index (χ1) is 18.5. The number of carbonyl (C=O) groups is 2. The van der Waals surface area contributed by atoms with E-state index in [2.05, 4.69) is 20.6 Å². The molecular formula is C29H35Cl2N5O3. The summed E-state index contributed by atoms with van der Waals surface area (Å²) in [6.07, 6.45) is 1.69. The van der Waals surface area contributed by atoms with E-state index in [-0.39, 0.29) is 18.2 Å². The minimum absolute atomic E-state index is 0.134. The number of ether oxygens (including phenoxy) is 1. The average Bonchev–Trinajstić information content (AvgIpc) is 3.39. The molecule has 1 aliphatic rings. The Morgan fingerprint density at radius 2 is 1.85 bits per heavy atom. The Balaban J connectivity index is 1.94. The second kappa shape index (κ2) is 11.6. The van der Waals surface area contributed by atoms with Crippen LogP contribution in [0.25, 0.3) is 0 Å². The lowest BCUT2D eigenvalue weighted by Gasteiger charge is -2.52. The highest BCUT2D eigenvalue weighted by Gasteiger charge is 2.54. The first-order valence-corrected chi connectivity index (χ1v) is 14.0. The summed E-state index contributed by atoms with van der Waals surface area (Å²) >= 11 is 12.7. The Hall–Kier alpha value is -2.97. The van der Waals surface area contributed by atoms with Crippen molar-refractivity contribution >= 4 is 35.1 Å². The second-order valence-electron chi connectivity index (χ2n) is 11.2. The average molecular weight is 573 g/mol. The molecule has 4 unspecified atom stereocenters. The number of hydrogen-bond acceptors (Lipinski definition) is 6. The summed E-state index contributed by atoms with van der Waals surface area (Å²) in [5.41, 5.74) is 0.265. The summed E-state index contributed by atoms with van der Waals surface area (Å²) in [6.45, 7) is 9.37. The molecule has 3 aromatic rings. The van der Waals surface area contributed by atoms with Gasteiger partial charge in [-0.3, -0.25) is 4.79 Å². The van der Waals surface area contributed by atoms with Crippen molar-refractivity contribution in [2.24, 2.45) is 5.41 Å². The van der Waals surface area contributed by atoms with Gasteiger partial charge in [-0.1, -0.05) is 66.5 Å². The van der Waals surface area contributed by atoms with Crippen molar-refractivity contribution in [2.45, 2.75) is 83.9 Å². The van der Waals surface area contributed by atoms with Crippen LogP contribution in [-0.4, -0.2) is 49.0 Å². The molecule has 2 aromatic carbocycles. The van der Waals surface area contributed by atoms with E-state index in [1.165, 1.54) is 0 Å². The number of nitrogens with zero attached hydrogens (tertiary/aromatic N) is 4. The number of piperidine rings is 1. The quantitative estimate of drug-likeness (QED) is 0.317. The zero-order valence-corrected chi connectivity index (χ0v) is 24.5. The zero-order valence-electron chi connectivity index (χ0n) is 22.9. The summed E-state index contributed by atoms with van der Waals surface area (Å²) in [5.74, 6) is -0.310. The number of hydrogen-bond donors (Lipinski definition) is 1. The molecule has 1 aromatic heterocycles. The number of amides is 1. The van der Waals surface area contributed by atoms with E-state index in [1.807, 2.05) is 83.1 Å². The Labute approximate surface area is 239 Å². The van der Waals surface area contributed by atoms with Crippen molar-refractivity contribution in [3.05, 3.63) is 75.5 Å². The van der Waals surface area contributed by atoms with Gasteiger partial charge in [0, 0.05) is 22.4 Å². The number of aromatic nitrogens is 4. The van der Waals surface area contributed by atoms with Gasteiger partial charge in [-0.2, -0.15) is 5.21 Å². The Kier molecular flexibility index (Phi) is 8.66. The van der Waals surface area contributed by atoms with Crippen LogP contribution in [0.4, 0.5) is 0 Å². The number of tetrazole rings is 1. The van der Waals surface area contributed by atoms with E-state index >= 15 is 0 Å². The number of rotatable bonds is 8. The lowest BCUT2D eigenvalue weighted by atomic mass is 9.64. The maximum atomic E-state index is 14.7. The van der Waals surface area contributed by atoms with Crippen LogP contribution in [0.5, 0.6) is 0 Å². The molecule has 208 valence electrons. The maximum absolute atomic E-state index is 14.7. The lowest BCUT2D eigenvalue weighted by Crippen LogP contribution is -2.59. The van der Waals surface area contributed by atoms with E-state index in [9.17, 15) is 9.59 Å². The van der Waals surface area contributed by atoms with Crippen molar-refractivity contribution in [3.8, 4) is 0 Å². The number of halogens is 2. The molecule has 1 saturated heterocycles. The molecule has 0 aliphatic carbocycles. The highest BCUT2D eigenvalue weighted by Crippen LogP contribution is 2.53. The molecule has 8 nitrogen and oxygen atoms in total. The van der Waals surface area contributed by atoms with E-state index in [1.54, 1.807) is 4.90 Å². The first-order valence-electron chi connectivity index (χ1n) is 13.3. The van der Waals surface area contributed by atoms with Crippen molar-refractivity contribution in [2.75, 3.05) is 0 Å². The highest BCUT2D eigenvalue weighted by molar-refractivity contribution is 6.30. The van der Waals surface area contributed by atoms with Gasteiger partial charge in [-0.25, -0.2) is 4.79 Å². The summed E-state index contributed by atoms with van der Waals surface area (Å²) in [7, 11) is 0. The van der Waals surface area contributed by atoms with E-state index < -0.39 is 29.1 Å². The number of esters is 1. The van der Waals surface area contributed by atoms with E-state index in [0.717, 1.165) is 11.1 Å². The van der Waals surface area contributed by atoms with Crippen LogP contribution in [0.2, 0.25) is 10.0 Å². The third-order valence-corrected chi connectivity index (χ3v) is 7.92. The summed E-state index contributed by atoms with van der Waals surface area (Å²) < 4.78 is 5.85. The molecule has 2 heterocycles. The first kappa shape index (κ1) is 29.0. The molecule has 39 heavy (non-hydrogen) atoms. The minimum Gasteiger partial charge on any atom is -0.458 e. The monoisotopic (exact) mass is 571 g/mol. The Morgan fingerprint density at radius 3 is 2.41 bits per heavy atom. The van der Waals surface area contributed by atoms with Gasteiger partial charge < -0.3 is 9.64 Å². The molecule has 1 aliphatic heterocycles. The normalized spacial score (nSPS) is 22.5. The predicted octanol–water partition coefficient (Wildman–Crippen LogP) is 6.32. The van der Waals surface area contributed by atoms with Crippen molar-refractivity contribution < 1.29 is 14.3 Å². The zero-order chi connectivity index (χ0) is 28.4. The van der Waals surface area contributed by atoms with Gasteiger partial charge in [-0.05, 0) is 75.4 Å². The van der Waals surface area contributed by atoms with Crippen molar-refractivity contribution in [1.82, 2.24) is 25.5 Å². The number of carbonyl (C=O) groups excluding carboxylic acids is 2. The van der Waals surface area contributed by atoms with Crippen LogP contribution < -0.4 is 0 Å². The van der Waals surface area contributed by atoms with Crippen LogP contribution in [-0.2, 0) is 20.7 Å². The summed E-state index contributed by atoms with van der Waals surface area (Å²) in [5, 5.41) is 15.7. The SMILES string of the molecule is CCC(C(=O)OC(C)(C)C)N1C(=O)C(CC)(Cc2nn[nH]n2)CC(c2cccc(Cl)c2)C1c1ccc(Cl)cc1. The highest BCUT2D eigenvalue weighted by atomic mass is 35.5. The van der Waals surface area contributed by atoms with Gasteiger partial charge in [-0.15, -0.1) is 10.2 Å². The fourth-order valence-electron chi connectivity index (χ4n) is 5.61. The lowest BCUT2D eigenvalue weighted by molar-refractivity contribution is -0.174. The predicted molar refractivity (Wildman–Crippen MR) is 150 cm³/mol. The largest absolute Gasteiger partial charge is 0.458 e. The van der Waals surface area contributed by atoms with Crippen LogP contribution in [0.15, 0.2) is 48.5 Å². The molecule has 1 fully saturated rings. The number of nitrogens with one attached hydrogen (secondary N) is 1.